The Kier molecular flexibility index (Phi) is 5.61. The number of carbonyl (C=O) groups is 1. The van der Waals surface area contributed by atoms with Crippen LogP contribution in [0.5, 0.6) is 0 Å². The van der Waals surface area contributed by atoms with Crippen molar-refractivity contribution in [3.8, 4) is 0 Å². The molecule has 0 fully saturated rings. The van der Waals surface area contributed by atoms with E-state index in [0.29, 0.717) is 0 Å². The van der Waals surface area contributed by atoms with E-state index in [2.05, 4.69) is 11.9 Å². The summed E-state index contributed by atoms with van der Waals surface area (Å²) in [5.41, 5.74) is 0. The molecule has 1 N–H and O–H groups in total. The van der Waals surface area contributed by atoms with Crippen molar-refractivity contribution in [3.63, 3.8) is 0 Å². The maximum Gasteiger partial charge on any atom is 0.306 e. The van der Waals surface area contributed by atoms with Gasteiger partial charge in [-0.1, -0.05) is 19.8 Å². The summed E-state index contributed by atoms with van der Waals surface area (Å²) in [4.78, 5) is 14.9. The van der Waals surface area contributed by atoms with Crippen LogP contribution in [0.15, 0.2) is 18.7 Å². The number of rotatable bonds is 8. The van der Waals surface area contributed by atoms with E-state index >= 15 is 0 Å². The van der Waals surface area contributed by atoms with Crippen molar-refractivity contribution in [1.29, 1.82) is 0 Å². The van der Waals surface area contributed by atoms with E-state index < -0.39 is 5.97 Å². The second-order valence-corrected chi connectivity index (χ2v) is 4.12. The Morgan fingerprint density at radius 1 is 1.44 bits per heavy atom. The van der Waals surface area contributed by atoms with Crippen LogP contribution in [0.4, 0.5) is 0 Å². The van der Waals surface area contributed by atoms with Gasteiger partial charge in [0.1, 0.15) is 0 Å². The molecule has 0 amide bonds. The topological polar surface area (TPSA) is 55.1 Å². The minimum atomic E-state index is -0.654. The molecule has 90 valence electrons. The largest absolute Gasteiger partial charge is 0.481 e. The van der Waals surface area contributed by atoms with E-state index in [0.717, 1.165) is 38.6 Å². The lowest BCUT2D eigenvalue weighted by molar-refractivity contribution is -0.142. The number of aliphatic carboxylic acids is 1. The Labute approximate surface area is 96.3 Å². The van der Waals surface area contributed by atoms with Gasteiger partial charge >= 0.3 is 5.97 Å². The van der Waals surface area contributed by atoms with Crippen LogP contribution in [0.1, 0.15) is 39.0 Å². The van der Waals surface area contributed by atoms with E-state index in [1.807, 2.05) is 10.8 Å². The molecule has 1 rings (SSSR count). The molecular formula is C12H20N2O2. The SMILES string of the molecule is CCCCC(CCCn1ccnc1)C(=O)O. The second kappa shape index (κ2) is 7.04. The van der Waals surface area contributed by atoms with Crippen molar-refractivity contribution in [2.75, 3.05) is 0 Å². The second-order valence-electron chi connectivity index (χ2n) is 4.12. The van der Waals surface area contributed by atoms with Crippen molar-refractivity contribution in [2.24, 2.45) is 5.92 Å². The summed E-state index contributed by atoms with van der Waals surface area (Å²) >= 11 is 0. The van der Waals surface area contributed by atoms with Crippen molar-refractivity contribution in [1.82, 2.24) is 9.55 Å². The van der Waals surface area contributed by atoms with Gasteiger partial charge in [0.15, 0.2) is 0 Å². The van der Waals surface area contributed by atoms with Crippen LogP contribution < -0.4 is 0 Å². The maximum atomic E-state index is 11.0. The molecule has 0 aliphatic rings. The maximum absolute atomic E-state index is 11.0. The Hall–Kier alpha value is -1.32. The van der Waals surface area contributed by atoms with Crippen molar-refractivity contribution >= 4 is 5.97 Å². The van der Waals surface area contributed by atoms with Crippen LogP contribution in [0, 0.1) is 5.92 Å². The molecule has 0 saturated carbocycles. The average molecular weight is 224 g/mol. The Balaban J connectivity index is 2.24. The lowest BCUT2D eigenvalue weighted by Crippen LogP contribution is -2.14. The summed E-state index contributed by atoms with van der Waals surface area (Å²) < 4.78 is 1.98. The highest BCUT2D eigenvalue weighted by atomic mass is 16.4. The molecule has 1 aromatic heterocycles. The minimum absolute atomic E-state index is 0.177. The molecule has 0 saturated heterocycles. The molecule has 1 atom stereocenters. The van der Waals surface area contributed by atoms with Crippen molar-refractivity contribution in [3.05, 3.63) is 18.7 Å². The number of nitrogens with zero attached hydrogens (tertiary/aromatic N) is 2. The quantitative estimate of drug-likeness (QED) is 0.738. The monoisotopic (exact) mass is 224 g/mol. The van der Waals surface area contributed by atoms with Gasteiger partial charge in [-0.3, -0.25) is 4.79 Å². The predicted molar refractivity (Wildman–Crippen MR) is 62.1 cm³/mol. The van der Waals surface area contributed by atoms with E-state index in [1.165, 1.54) is 0 Å². The fourth-order valence-electron chi connectivity index (χ4n) is 1.78. The molecular weight excluding hydrogens is 204 g/mol. The van der Waals surface area contributed by atoms with E-state index in [9.17, 15) is 4.79 Å². The van der Waals surface area contributed by atoms with Crippen LogP contribution >= 0.6 is 0 Å². The van der Waals surface area contributed by atoms with Gasteiger partial charge in [-0.25, -0.2) is 4.98 Å². The molecule has 0 bridgehead atoms. The highest BCUT2D eigenvalue weighted by molar-refractivity contribution is 5.69. The van der Waals surface area contributed by atoms with E-state index in [1.54, 1.807) is 12.5 Å². The molecule has 16 heavy (non-hydrogen) atoms. The first kappa shape index (κ1) is 12.7. The highest BCUT2D eigenvalue weighted by Crippen LogP contribution is 2.15. The van der Waals surface area contributed by atoms with Crippen LogP contribution in [0.25, 0.3) is 0 Å². The zero-order chi connectivity index (χ0) is 11.8. The number of hydrogen-bond donors (Lipinski definition) is 1. The minimum Gasteiger partial charge on any atom is -0.481 e. The number of carboxylic acid groups (broad SMARTS) is 1. The lowest BCUT2D eigenvalue weighted by atomic mass is 9.97. The number of unbranched alkanes of at least 4 members (excludes halogenated alkanes) is 1. The van der Waals surface area contributed by atoms with Crippen LogP contribution in [-0.4, -0.2) is 20.6 Å². The molecule has 4 nitrogen and oxygen atoms in total. The zero-order valence-electron chi connectivity index (χ0n) is 9.80. The molecule has 1 aromatic rings. The molecule has 0 aliphatic carbocycles. The molecule has 4 heteroatoms. The molecule has 0 aliphatic heterocycles. The molecule has 0 aromatic carbocycles. The van der Waals surface area contributed by atoms with E-state index in [-0.39, 0.29) is 5.92 Å². The Morgan fingerprint density at radius 2 is 2.19 bits per heavy atom. The van der Waals surface area contributed by atoms with Crippen LogP contribution in [0.3, 0.4) is 0 Å². The van der Waals surface area contributed by atoms with Gasteiger partial charge in [0, 0.05) is 18.9 Å². The molecule has 0 spiro atoms. The first-order valence-electron chi connectivity index (χ1n) is 5.92. The van der Waals surface area contributed by atoms with Gasteiger partial charge in [0.05, 0.1) is 12.2 Å². The first-order valence-corrected chi connectivity index (χ1v) is 5.92. The standard InChI is InChI=1S/C12H20N2O2/c1-2-3-5-11(12(15)16)6-4-8-14-9-7-13-10-14/h7,9-11H,2-6,8H2,1H3,(H,15,16). The summed E-state index contributed by atoms with van der Waals surface area (Å²) in [7, 11) is 0. The summed E-state index contributed by atoms with van der Waals surface area (Å²) in [6, 6.07) is 0. The zero-order valence-corrected chi connectivity index (χ0v) is 9.80. The molecule has 1 heterocycles. The van der Waals surface area contributed by atoms with Gasteiger partial charge < -0.3 is 9.67 Å². The molecule has 1 unspecified atom stereocenters. The summed E-state index contributed by atoms with van der Waals surface area (Å²) in [6.07, 6.45) is 9.93. The molecule has 0 radical (unpaired) electrons. The Bertz CT molecular complexity index is 296. The fraction of sp³-hybridized carbons (Fsp3) is 0.667. The highest BCUT2D eigenvalue weighted by Gasteiger charge is 2.15. The number of aryl methyl sites for hydroxylation is 1. The fourth-order valence-corrected chi connectivity index (χ4v) is 1.78. The average Bonchev–Trinajstić information content (AvgIpc) is 2.75. The van der Waals surface area contributed by atoms with Gasteiger partial charge in [-0.15, -0.1) is 0 Å². The number of aromatic nitrogens is 2. The Morgan fingerprint density at radius 3 is 2.75 bits per heavy atom. The third kappa shape index (κ3) is 4.47. The third-order valence-corrected chi connectivity index (χ3v) is 2.78. The van der Waals surface area contributed by atoms with Crippen LogP contribution in [-0.2, 0) is 11.3 Å². The third-order valence-electron chi connectivity index (χ3n) is 2.78. The van der Waals surface area contributed by atoms with Crippen molar-refractivity contribution in [2.45, 2.75) is 45.6 Å². The number of carboxylic acids is 1. The smallest absolute Gasteiger partial charge is 0.306 e. The predicted octanol–water partition coefficient (Wildman–Crippen LogP) is 2.55. The van der Waals surface area contributed by atoms with Gasteiger partial charge in [-0.2, -0.15) is 0 Å². The van der Waals surface area contributed by atoms with Gasteiger partial charge in [0.2, 0.25) is 0 Å². The van der Waals surface area contributed by atoms with Crippen molar-refractivity contribution < 1.29 is 9.90 Å². The van der Waals surface area contributed by atoms with Crippen LogP contribution in [0.2, 0.25) is 0 Å². The van der Waals surface area contributed by atoms with Gasteiger partial charge in [-0.05, 0) is 19.3 Å². The number of hydrogen-bond acceptors (Lipinski definition) is 2. The summed E-state index contributed by atoms with van der Waals surface area (Å²) in [5, 5.41) is 9.04. The number of imidazole rings is 1. The summed E-state index contributed by atoms with van der Waals surface area (Å²) in [5.74, 6) is -0.831. The van der Waals surface area contributed by atoms with E-state index in [4.69, 9.17) is 5.11 Å². The van der Waals surface area contributed by atoms with Gasteiger partial charge in [0.25, 0.3) is 0 Å². The lowest BCUT2D eigenvalue weighted by Gasteiger charge is -2.11. The summed E-state index contributed by atoms with van der Waals surface area (Å²) in [6.45, 7) is 2.94. The normalized spacial score (nSPS) is 12.6. The first-order chi connectivity index (χ1) is 7.74.